The minimum atomic E-state index is -0.0338. The van der Waals surface area contributed by atoms with E-state index in [1.54, 1.807) is 0 Å². The highest BCUT2D eigenvalue weighted by atomic mass is 32.1. The number of nitrogens with two attached hydrogens (primary N) is 1. The van der Waals surface area contributed by atoms with E-state index in [9.17, 15) is 4.79 Å². The monoisotopic (exact) mass is 250 g/mol. The van der Waals surface area contributed by atoms with Crippen molar-refractivity contribution in [2.75, 3.05) is 0 Å². The number of H-pyrrole nitrogens is 1. The van der Waals surface area contributed by atoms with Gasteiger partial charge in [0.2, 0.25) is 5.91 Å². The number of thiazole rings is 1. The maximum Gasteiger partial charge on any atom is 0.226 e. The Morgan fingerprint density at radius 1 is 1.59 bits per heavy atom. The Bertz CT molecular complexity index is 477. The molecule has 6 heteroatoms. The lowest BCUT2D eigenvalue weighted by Gasteiger charge is -2.01. The zero-order valence-electron chi connectivity index (χ0n) is 9.27. The minimum Gasteiger partial charge on any atom is -0.364 e. The van der Waals surface area contributed by atoms with Crippen LogP contribution in [0.25, 0.3) is 0 Å². The van der Waals surface area contributed by atoms with Crippen molar-refractivity contribution in [1.82, 2.24) is 15.3 Å². The first-order valence-corrected chi connectivity index (χ1v) is 6.18. The summed E-state index contributed by atoms with van der Waals surface area (Å²) in [5, 5.41) is 5.55. The van der Waals surface area contributed by atoms with Crippen LogP contribution in [0.4, 0.5) is 0 Å². The summed E-state index contributed by atoms with van der Waals surface area (Å²) in [7, 11) is 0. The number of aromatic nitrogens is 2. The van der Waals surface area contributed by atoms with Crippen LogP contribution in [-0.4, -0.2) is 15.9 Å². The van der Waals surface area contributed by atoms with E-state index in [0.29, 0.717) is 19.5 Å². The molecule has 90 valence electrons. The van der Waals surface area contributed by atoms with Crippen LogP contribution in [-0.2, 0) is 24.3 Å². The zero-order chi connectivity index (χ0) is 12.1. The number of hydrogen-bond acceptors (Lipinski definition) is 4. The second-order valence-corrected chi connectivity index (χ2v) is 4.53. The van der Waals surface area contributed by atoms with Crippen LogP contribution in [0.15, 0.2) is 23.7 Å². The van der Waals surface area contributed by atoms with Crippen molar-refractivity contribution in [3.8, 4) is 0 Å². The predicted molar refractivity (Wildman–Crippen MR) is 66.3 cm³/mol. The Hall–Kier alpha value is -1.66. The summed E-state index contributed by atoms with van der Waals surface area (Å²) in [4.78, 5) is 18.9. The van der Waals surface area contributed by atoms with Crippen LogP contribution >= 0.6 is 11.3 Å². The molecule has 2 aromatic heterocycles. The number of nitrogens with zero attached hydrogens (tertiary/aromatic N) is 1. The number of amides is 1. The first-order valence-electron chi connectivity index (χ1n) is 5.30. The fraction of sp³-hybridized carbons (Fsp3) is 0.273. The number of rotatable bonds is 5. The molecule has 0 bridgehead atoms. The van der Waals surface area contributed by atoms with Gasteiger partial charge in [0.25, 0.3) is 0 Å². The molecule has 2 heterocycles. The van der Waals surface area contributed by atoms with Crippen LogP contribution < -0.4 is 11.1 Å². The summed E-state index contributed by atoms with van der Waals surface area (Å²) >= 11 is 1.49. The molecule has 0 aliphatic rings. The van der Waals surface area contributed by atoms with Gasteiger partial charge in [0.05, 0.1) is 18.7 Å². The first-order chi connectivity index (χ1) is 8.28. The molecule has 0 saturated carbocycles. The van der Waals surface area contributed by atoms with Crippen molar-refractivity contribution in [1.29, 1.82) is 0 Å². The Labute approximate surface area is 103 Å². The van der Waals surface area contributed by atoms with Crippen LogP contribution in [0.3, 0.4) is 0 Å². The highest BCUT2D eigenvalue weighted by molar-refractivity contribution is 7.09. The number of carbonyl (C=O) groups excluding carboxylic acids is 1. The van der Waals surface area contributed by atoms with Crippen LogP contribution in [0.1, 0.15) is 16.4 Å². The van der Waals surface area contributed by atoms with Gasteiger partial charge < -0.3 is 16.0 Å². The third kappa shape index (κ3) is 3.40. The second-order valence-electron chi connectivity index (χ2n) is 3.59. The summed E-state index contributed by atoms with van der Waals surface area (Å²) in [6.07, 6.45) is 2.13. The fourth-order valence-corrected chi connectivity index (χ4v) is 2.10. The van der Waals surface area contributed by atoms with Gasteiger partial charge in [-0.1, -0.05) is 0 Å². The topological polar surface area (TPSA) is 83.8 Å². The van der Waals surface area contributed by atoms with Crippen LogP contribution in [0.2, 0.25) is 0 Å². The fourth-order valence-electron chi connectivity index (χ4n) is 1.42. The van der Waals surface area contributed by atoms with E-state index < -0.39 is 0 Å². The van der Waals surface area contributed by atoms with Crippen molar-refractivity contribution >= 4 is 17.2 Å². The molecule has 0 atom stereocenters. The molecule has 0 radical (unpaired) electrons. The van der Waals surface area contributed by atoms with Gasteiger partial charge in [0, 0.05) is 23.8 Å². The quantitative estimate of drug-likeness (QED) is 0.733. The van der Waals surface area contributed by atoms with E-state index in [2.05, 4.69) is 15.3 Å². The van der Waals surface area contributed by atoms with E-state index in [1.807, 2.05) is 23.7 Å². The van der Waals surface area contributed by atoms with Gasteiger partial charge in [-0.25, -0.2) is 4.98 Å². The highest BCUT2D eigenvalue weighted by Gasteiger charge is 2.06. The summed E-state index contributed by atoms with van der Waals surface area (Å²) in [5.74, 6) is -0.0338. The third-order valence-corrected chi connectivity index (χ3v) is 3.17. The number of nitrogens with one attached hydrogen (secondary N) is 2. The van der Waals surface area contributed by atoms with Gasteiger partial charge in [0.1, 0.15) is 5.01 Å². The van der Waals surface area contributed by atoms with Crippen molar-refractivity contribution in [2.24, 2.45) is 5.73 Å². The predicted octanol–water partition coefficient (Wildman–Crippen LogP) is 0.789. The molecular weight excluding hydrogens is 236 g/mol. The summed E-state index contributed by atoms with van der Waals surface area (Å²) in [6.45, 7) is 0.939. The van der Waals surface area contributed by atoms with Crippen molar-refractivity contribution in [2.45, 2.75) is 19.5 Å². The number of hydrogen-bond donors (Lipinski definition) is 3. The number of carbonyl (C=O) groups is 1. The van der Waals surface area contributed by atoms with Crippen molar-refractivity contribution in [3.63, 3.8) is 0 Å². The molecule has 0 aliphatic carbocycles. The van der Waals surface area contributed by atoms with E-state index in [0.717, 1.165) is 16.4 Å². The van der Waals surface area contributed by atoms with Gasteiger partial charge in [-0.2, -0.15) is 0 Å². The minimum absolute atomic E-state index is 0.0338. The first kappa shape index (κ1) is 11.8. The van der Waals surface area contributed by atoms with Crippen molar-refractivity contribution < 1.29 is 4.79 Å². The summed E-state index contributed by atoms with van der Waals surface area (Å²) < 4.78 is 0. The largest absolute Gasteiger partial charge is 0.364 e. The van der Waals surface area contributed by atoms with Crippen LogP contribution in [0.5, 0.6) is 0 Å². The Balaban J connectivity index is 1.81. The molecule has 0 fully saturated rings. The van der Waals surface area contributed by atoms with Gasteiger partial charge in [0.15, 0.2) is 0 Å². The molecule has 2 rings (SSSR count). The third-order valence-electron chi connectivity index (χ3n) is 2.25. The SMILES string of the molecule is NCc1nc(CC(=O)NCc2ccc[nH]2)cs1. The Morgan fingerprint density at radius 2 is 2.47 bits per heavy atom. The average molecular weight is 250 g/mol. The number of aromatic amines is 1. The zero-order valence-corrected chi connectivity index (χ0v) is 10.1. The van der Waals surface area contributed by atoms with Crippen molar-refractivity contribution in [3.05, 3.63) is 40.1 Å². The molecular formula is C11H14N4OS. The molecule has 0 aromatic carbocycles. The van der Waals surface area contributed by atoms with E-state index in [1.165, 1.54) is 11.3 Å². The van der Waals surface area contributed by atoms with Crippen LogP contribution in [0, 0.1) is 0 Å². The second kappa shape index (κ2) is 5.60. The molecule has 5 nitrogen and oxygen atoms in total. The smallest absolute Gasteiger partial charge is 0.226 e. The van der Waals surface area contributed by atoms with Gasteiger partial charge >= 0.3 is 0 Å². The highest BCUT2D eigenvalue weighted by Crippen LogP contribution is 2.09. The molecule has 4 N–H and O–H groups in total. The Morgan fingerprint density at radius 3 is 3.12 bits per heavy atom. The van der Waals surface area contributed by atoms with E-state index >= 15 is 0 Å². The summed E-state index contributed by atoms with van der Waals surface area (Å²) in [5.41, 5.74) is 7.22. The van der Waals surface area contributed by atoms with Gasteiger partial charge in [-0.3, -0.25) is 4.79 Å². The van der Waals surface area contributed by atoms with E-state index in [-0.39, 0.29) is 5.91 Å². The maximum atomic E-state index is 11.6. The average Bonchev–Trinajstić information content (AvgIpc) is 2.97. The lowest BCUT2D eigenvalue weighted by molar-refractivity contribution is -0.120. The maximum absolute atomic E-state index is 11.6. The molecule has 1 amide bonds. The lowest BCUT2D eigenvalue weighted by atomic mass is 10.3. The molecule has 0 saturated heterocycles. The molecule has 0 spiro atoms. The van der Waals surface area contributed by atoms with E-state index in [4.69, 9.17) is 5.73 Å². The lowest BCUT2D eigenvalue weighted by Crippen LogP contribution is -2.24. The normalized spacial score (nSPS) is 10.4. The Kier molecular flexibility index (Phi) is 3.89. The summed E-state index contributed by atoms with van der Waals surface area (Å²) in [6, 6.07) is 3.82. The van der Waals surface area contributed by atoms with Gasteiger partial charge in [-0.05, 0) is 12.1 Å². The van der Waals surface area contributed by atoms with Gasteiger partial charge in [-0.15, -0.1) is 11.3 Å². The molecule has 0 unspecified atom stereocenters. The standard InChI is InChI=1S/C11H14N4OS/c12-5-11-15-9(7-17-11)4-10(16)14-6-8-2-1-3-13-8/h1-3,7,13H,4-6,12H2,(H,14,16). The molecule has 2 aromatic rings. The molecule has 17 heavy (non-hydrogen) atoms. The molecule has 0 aliphatic heterocycles.